The first-order valence-corrected chi connectivity index (χ1v) is 7.31. The Morgan fingerprint density at radius 1 is 1.06 bits per heavy atom. The van der Waals surface area contributed by atoms with Gasteiger partial charge in [-0.2, -0.15) is 0 Å². The third-order valence-corrected chi connectivity index (χ3v) is 4.29. The van der Waals surface area contributed by atoms with Crippen molar-refractivity contribution in [1.29, 1.82) is 0 Å². The summed E-state index contributed by atoms with van der Waals surface area (Å²) < 4.78 is 5.41. The first-order valence-electron chi connectivity index (χ1n) is 7.31. The van der Waals surface area contributed by atoms with E-state index in [-0.39, 0.29) is 12.4 Å². The van der Waals surface area contributed by atoms with Gasteiger partial charge in [-0.3, -0.25) is 0 Å². The third kappa shape index (κ3) is 5.87. The highest BCUT2D eigenvalue weighted by molar-refractivity contribution is 5.85. The molecule has 0 spiro atoms. The highest BCUT2D eigenvalue weighted by Crippen LogP contribution is 2.18. The van der Waals surface area contributed by atoms with E-state index in [1.165, 1.54) is 58.3 Å². The summed E-state index contributed by atoms with van der Waals surface area (Å²) in [6.45, 7) is 6.97. The van der Waals surface area contributed by atoms with Crippen molar-refractivity contribution >= 4 is 12.4 Å². The summed E-state index contributed by atoms with van der Waals surface area (Å²) in [5, 5.41) is 3.44. The highest BCUT2D eigenvalue weighted by Gasteiger charge is 2.17. The van der Waals surface area contributed by atoms with Crippen LogP contribution in [-0.4, -0.2) is 51.3 Å². The molecule has 4 heteroatoms. The molecule has 0 aromatic carbocycles. The van der Waals surface area contributed by atoms with Gasteiger partial charge in [-0.1, -0.05) is 0 Å². The van der Waals surface area contributed by atoms with Crippen LogP contribution in [-0.2, 0) is 4.74 Å². The molecule has 2 heterocycles. The van der Waals surface area contributed by atoms with E-state index in [2.05, 4.69) is 17.3 Å². The van der Waals surface area contributed by atoms with E-state index >= 15 is 0 Å². The topological polar surface area (TPSA) is 24.5 Å². The largest absolute Gasteiger partial charge is 0.381 e. The highest BCUT2D eigenvalue weighted by atomic mass is 35.5. The van der Waals surface area contributed by atoms with Crippen LogP contribution in [0.5, 0.6) is 0 Å². The molecule has 2 saturated heterocycles. The molecule has 2 aliphatic heterocycles. The lowest BCUT2D eigenvalue weighted by Crippen LogP contribution is -2.33. The summed E-state index contributed by atoms with van der Waals surface area (Å²) >= 11 is 0. The number of rotatable bonds is 5. The van der Waals surface area contributed by atoms with Crippen molar-refractivity contribution < 1.29 is 4.74 Å². The van der Waals surface area contributed by atoms with E-state index < -0.39 is 0 Å². The van der Waals surface area contributed by atoms with Crippen LogP contribution < -0.4 is 5.32 Å². The number of ether oxygens (including phenoxy) is 1. The van der Waals surface area contributed by atoms with Crippen LogP contribution in [0.4, 0.5) is 0 Å². The maximum atomic E-state index is 5.41. The summed E-state index contributed by atoms with van der Waals surface area (Å²) in [6.07, 6.45) is 6.67. The predicted molar refractivity (Wildman–Crippen MR) is 78.5 cm³/mol. The van der Waals surface area contributed by atoms with E-state index in [4.69, 9.17) is 4.74 Å². The van der Waals surface area contributed by atoms with Gasteiger partial charge in [0.15, 0.2) is 0 Å². The van der Waals surface area contributed by atoms with E-state index in [0.717, 1.165) is 25.0 Å². The molecule has 18 heavy (non-hydrogen) atoms. The molecule has 0 bridgehead atoms. The van der Waals surface area contributed by atoms with Gasteiger partial charge >= 0.3 is 0 Å². The first-order chi connectivity index (χ1) is 8.34. The molecule has 0 aliphatic carbocycles. The predicted octanol–water partition coefficient (Wildman–Crippen LogP) is 2.16. The van der Waals surface area contributed by atoms with Crippen LogP contribution in [0.25, 0.3) is 0 Å². The van der Waals surface area contributed by atoms with Gasteiger partial charge < -0.3 is 15.0 Å². The molecule has 108 valence electrons. The number of piperidine rings is 1. The third-order valence-electron chi connectivity index (χ3n) is 4.29. The minimum absolute atomic E-state index is 0. The molecule has 1 N–H and O–H groups in total. The van der Waals surface area contributed by atoms with Crippen LogP contribution in [0, 0.1) is 11.8 Å². The van der Waals surface area contributed by atoms with Crippen molar-refractivity contribution in [2.75, 3.05) is 46.4 Å². The fourth-order valence-electron chi connectivity index (χ4n) is 3.03. The van der Waals surface area contributed by atoms with Crippen molar-refractivity contribution in [3.8, 4) is 0 Å². The fourth-order valence-corrected chi connectivity index (χ4v) is 3.03. The van der Waals surface area contributed by atoms with E-state index in [0.29, 0.717) is 0 Å². The molecule has 2 aliphatic rings. The maximum Gasteiger partial charge on any atom is 0.0469 e. The van der Waals surface area contributed by atoms with Crippen LogP contribution in [0.15, 0.2) is 0 Å². The van der Waals surface area contributed by atoms with E-state index in [9.17, 15) is 0 Å². The quantitative estimate of drug-likeness (QED) is 0.833. The normalized spacial score (nSPS) is 23.0. The molecule has 2 rings (SSSR count). The van der Waals surface area contributed by atoms with Crippen molar-refractivity contribution in [2.24, 2.45) is 11.8 Å². The lowest BCUT2D eigenvalue weighted by atomic mass is 9.94. The minimum Gasteiger partial charge on any atom is -0.381 e. The zero-order valence-corrected chi connectivity index (χ0v) is 12.5. The van der Waals surface area contributed by atoms with Crippen molar-refractivity contribution in [1.82, 2.24) is 10.2 Å². The number of nitrogens with zero attached hydrogens (tertiary/aromatic N) is 1. The van der Waals surface area contributed by atoms with Gasteiger partial charge in [0.2, 0.25) is 0 Å². The lowest BCUT2D eigenvalue weighted by Gasteiger charge is -2.29. The van der Waals surface area contributed by atoms with Gasteiger partial charge in [-0.15, -0.1) is 12.4 Å². The summed E-state index contributed by atoms with van der Waals surface area (Å²) in [5.41, 5.74) is 0. The Labute approximate surface area is 118 Å². The second-order valence-corrected chi connectivity index (χ2v) is 5.80. The Hall–Kier alpha value is 0.170. The Morgan fingerprint density at radius 3 is 2.39 bits per heavy atom. The van der Waals surface area contributed by atoms with Crippen LogP contribution in [0.1, 0.15) is 32.1 Å². The Morgan fingerprint density at radius 2 is 1.72 bits per heavy atom. The van der Waals surface area contributed by atoms with Gasteiger partial charge in [0.25, 0.3) is 0 Å². The first kappa shape index (κ1) is 16.2. The second-order valence-electron chi connectivity index (χ2n) is 5.80. The average molecular weight is 277 g/mol. The second kappa shape index (κ2) is 9.13. The molecular formula is C14H29ClN2O. The monoisotopic (exact) mass is 276 g/mol. The summed E-state index contributed by atoms with van der Waals surface area (Å²) in [6, 6.07) is 0. The standard InChI is InChI=1S/C14H28N2O.ClH/c1-16(12-14-5-10-17-11-6-14)9-4-13-2-7-15-8-3-13;/h13-15H,2-12H2,1H3;1H. The van der Waals surface area contributed by atoms with E-state index in [1.54, 1.807) is 0 Å². The number of hydrogen-bond acceptors (Lipinski definition) is 3. The molecule has 0 amide bonds. The van der Waals surface area contributed by atoms with Gasteiger partial charge in [-0.25, -0.2) is 0 Å². The molecule has 0 radical (unpaired) electrons. The Kier molecular flexibility index (Phi) is 8.23. The molecule has 0 atom stereocenters. The van der Waals surface area contributed by atoms with Crippen molar-refractivity contribution in [2.45, 2.75) is 32.1 Å². The summed E-state index contributed by atoms with van der Waals surface area (Å²) in [7, 11) is 2.29. The minimum atomic E-state index is 0. The lowest BCUT2D eigenvalue weighted by molar-refractivity contribution is 0.0550. The summed E-state index contributed by atoms with van der Waals surface area (Å²) in [5.74, 6) is 1.84. The van der Waals surface area contributed by atoms with Crippen LogP contribution in [0.3, 0.4) is 0 Å². The van der Waals surface area contributed by atoms with Crippen molar-refractivity contribution in [3.05, 3.63) is 0 Å². The zero-order chi connectivity index (χ0) is 11.9. The molecule has 3 nitrogen and oxygen atoms in total. The van der Waals surface area contributed by atoms with Gasteiger partial charge in [0.1, 0.15) is 0 Å². The van der Waals surface area contributed by atoms with E-state index in [1.807, 2.05) is 0 Å². The average Bonchev–Trinajstić information content (AvgIpc) is 2.39. The van der Waals surface area contributed by atoms with Gasteiger partial charge in [-0.05, 0) is 70.6 Å². The molecule has 0 aromatic heterocycles. The molecule has 2 fully saturated rings. The van der Waals surface area contributed by atoms with Crippen LogP contribution >= 0.6 is 12.4 Å². The smallest absolute Gasteiger partial charge is 0.0469 e. The molecular weight excluding hydrogens is 248 g/mol. The maximum absolute atomic E-state index is 5.41. The Bertz CT molecular complexity index is 204. The van der Waals surface area contributed by atoms with Crippen molar-refractivity contribution in [3.63, 3.8) is 0 Å². The Balaban J connectivity index is 0.00000162. The number of halogens is 1. The number of nitrogens with one attached hydrogen (secondary N) is 1. The van der Waals surface area contributed by atoms with Gasteiger partial charge in [0.05, 0.1) is 0 Å². The molecule has 0 aromatic rings. The fraction of sp³-hybridized carbons (Fsp3) is 1.00. The summed E-state index contributed by atoms with van der Waals surface area (Å²) in [4.78, 5) is 2.54. The van der Waals surface area contributed by atoms with Crippen LogP contribution in [0.2, 0.25) is 0 Å². The number of hydrogen-bond donors (Lipinski definition) is 1. The molecule has 0 unspecified atom stereocenters. The molecule has 0 saturated carbocycles. The van der Waals surface area contributed by atoms with Gasteiger partial charge in [0, 0.05) is 19.8 Å². The SMILES string of the molecule is CN(CCC1CCNCC1)CC1CCOCC1.Cl. The zero-order valence-electron chi connectivity index (χ0n) is 11.7.